The highest BCUT2D eigenvalue weighted by atomic mass is 16.5. The molecule has 1 aromatic carbocycles. The molecule has 0 radical (unpaired) electrons. The molecule has 2 rings (SSSR count). The van der Waals surface area contributed by atoms with Crippen LogP contribution in [0, 0.1) is 0 Å². The maximum absolute atomic E-state index is 5.80. The van der Waals surface area contributed by atoms with Gasteiger partial charge >= 0.3 is 0 Å². The fourth-order valence-corrected chi connectivity index (χ4v) is 2.04. The van der Waals surface area contributed by atoms with Gasteiger partial charge in [-0.3, -0.25) is 4.68 Å². The van der Waals surface area contributed by atoms with Crippen LogP contribution in [0.4, 0.5) is 0 Å². The molecule has 0 fully saturated rings. The third-order valence-corrected chi connectivity index (χ3v) is 3.07. The Bertz CT molecular complexity index is 522. The van der Waals surface area contributed by atoms with Crippen LogP contribution in [0.2, 0.25) is 0 Å². The Kier molecular flexibility index (Phi) is 5.62. The predicted octanol–water partition coefficient (Wildman–Crippen LogP) is 2.54. The summed E-state index contributed by atoms with van der Waals surface area (Å²) >= 11 is 0. The Morgan fingerprint density at radius 1 is 1.30 bits per heavy atom. The van der Waals surface area contributed by atoms with Gasteiger partial charge in [0.25, 0.3) is 0 Å². The second-order valence-corrected chi connectivity index (χ2v) is 4.94. The number of nitrogens with one attached hydrogen (secondary N) is 1. The van der Waals surface area contributed by atoms with Gasteiger partial charge in [-0.05, 0) is 36.2 Å². The van der Waals surface area contributed by atoms with E-state index in [4.69, 9.17) is 4.74 Å². The van der Waals surface area contributed by atoms with Gasteiger partial charge in [-0.25, -0.2) is 0 Å². The number of rotatable bonds is 8. The molecule has 0 unspecified atom stereocenters. The van der Waals surface area contributed by atoms with Gasteiger partial charge in [-0.15, -0.1) is 0 Å². The van der Waals surface area contributed by atoms with Crippen LogP contribution in [0.5, 0.6) is 5.75 Å². The molecule has 0 atom stereocenters. The minimum atomic E-state index is 0.678. The fourth-order valence-electron chi connectivity index (χ4n) is 2.04. The van der Waals surface area contributed by atoms with E-state index in [2.05, 4.69) is 29.5 Å². The molecule has 4 heteroatoms. The van der Waals surface area contributed by atoms with Crippen LogP contribution in [0.3, 0.4) is 0 Å². The van der Waals surface area contributed by atoms with E-state index < -0.39 is 0 Å². The quantitative estimate of drug-likeness (QED) is 0.751. The molecule has 108 valence electrons. The first-order valence-electron chi connectivity index (χ1n) is 7.18. The van der Waals surface area contributed by atoms with Gasteiger partial charge in [-0.2, -0.15) is 5.10 Å². The van der Waals surface area contributed by atoms with Gasteiger partial charge in [0.2, 0.25) is 0 Å². The lowest BCUT2D eigenvalue weighted by Crippen LogP contribution is -2.13. The first-order chi connectivity index (χ1) is 9.78. The van der Waals surface area contributed by atoms with Crippen LogP contribution in [0.15, 0.2) is 36.7 Å². The van der Waals surface area contributed by atoms with Crippen molar-refractivity contribution >= 4 is 0 Å². The molecule has 1 N–H and O–H groups in total. The molecule has 4 nitrogen and oxygen atoms in total. The van der Waals surface area contributed by atoms with E-state index in [-0.39, 0.29) is 0 Å². The largest absolute Gasteiger partial charge is 0.493 e. The summed E-state index contributed by atoms with van der Waals surface area (Å²) in [6, 6.07) is 8.28. The lowest BCUT2D eigenvalue weighted by Gasteiger charge is -2.08. The monoisotopic (exact) mass is 273 g/mol. The van der Waals surface area contributed by atoms with Crippen molar-refractivity contribution in [2.24, 2.45) is 7.05 Å². The fraction of sp³-hybridized carbons (Fsp3) is 0.438. The minimum Gasteiger partial charge on any atom is -0.493 e. The summed E-state index contributed by atoms with van der Waals surface area (Å²) in [5.41, 5.74) is 2.46. The molecule has 0 spiro atoms. The van der Waals surface area contributed by atoms with E-state index in [0.29, 0.717) is 6.61 Å². The molecule has 20 heavy (non-hydrogen) atoms. The van der Waals surface area contributed by atoms with Gasteiger partial charge in [0.1, 0.15) is 5.75 Å². The average molecular weight is 273 g/mol. The SMILES string of the molecule is CCCNCc1cccc(OCCc2cnn(C)c2)c1. The molecule has 0 saturated heterocycles. The van der Waals surface area contributed by atoms with E-state index in [1.165, 1.54) is 11.1 Å². The van der Waals surface area contributed by atoms with E-state index >= 15 is 0 Å². The first-order valence-corrected chi connectivity index (χ1v) is 7.18. The smallest absolute Gasteiger partial charge is 0.119 e. The van der Waals surface area contributed by atoms with Crippen molar-refractivity contribution in [2.75, 3.05) is 13.2 Å². The summed E-state index contributed by atoms with van der Waals surface area (Å²) in [6.45, 7) is 4.79. The van der Waals surface area contributed by atoms with Crippen molar-refractivity contribution in [3.05, 3.63) is 47.8 Å². The van der Waals surface area contributed by atoms with Crippen LogP contribution in [-0.2, 0) is 20.0 Å². The standard InChI is InChI=1S/C16H23N3O/c1-3-8-17-11-14-5-4-6-16(10-14)20-9-7-15-12-18-19(2)13-15/h4-6,10,12-13,17H,3,7-9,11H2,1-2H3. The summed E-state index contributed by atoms with van der Waals surface area (Å²) in [6.07, 6.45) is 5.94. The lowest BCUT2D eigenvalue weighted by atomic mass is 10.2. The van der Waals surface area contributed by atoms with Crippen LogP contribution in [-0.4, -0.2) is 22.9 Å². The van der Waals surface area contributed by atoms with Crippen molar-refractivity contribution in [3.8, 4) is 5.75 Å². The van der Waals surface area contributed by atoms with Crippen molar-refractivity contribution in [1.29, 1.82) is 0 Å². The molecule has 0 aliphatic rings. The highest BCUT2D eigenvalue weighted by molar-refractivity contribution is 5.28. The van der Waals surface area contributed by atoms with Crippen molar-refractivity contribution in [3.63, 3.8) is 0 Å². The Balaban J connectivity index is 1.78. The molecule has 1 aromatic heterocycles. The number of hydrogen-bond acceptors (Lipinski definition) is 3. The summed E-state index contributed by atoms with van der Waals surface area (Å²) in [4.78, 5) is 0. The topological polar surface area (TPSA) is 39.1 Å². The summed E-state index contributed by atoms with van der Waals surface area (Å²) in [5, 5.41) is 7.55. The number of hydrogen-bond donors (Lipinski definition) is 1. The van der Waals surface area contributed by atoms with Gasteiger partial charge in [0, 0.05) is 26.2 Å². The Hall–Kier alpha value is -1.81. The molecule has 0 amide bonds. The molecule has 0 bridgehead atoms. The molecule has 2 aromatic rings. The minimum absolute atomic E-state index is 0.678. The molecular weight excluding hydrogens is 250 g/mol. The molecule has 0 aliphatic carbocycles. The van der Waals surface area contributed by atoms with Crippen LogP contribution >= 0.6 is 0 Å². The third-order valence-electron chi connectivity index (χ3n) is 3.07. The first kappa shape index (κ1) is 14.6. The molecular formula is C16H23N3O. The normalized spacial score (nSPS) is 10.7. The Labute approximate surface area is 120 Å². The number of ether oxygens (including phenoxy) is 1. The van der Waals surface area contributed by atoms with E-state index in [1.807, 2.05) is 36.3 Å². The summed E-state index contributed by atoms with van der Waals surface area (Å²) in [5.74, 6) is 0.935. The van der Waals surface area contributed by atoms with Crippen LogP contribution in [0.1, 0.15) is 24.5 Å². The van der Waals surface area contributed by atoms with Crippen molar-refractivity contribution in [2.45, 2.75) is 26.3 Å². The van der Waals surface area contributed by atoms with Crippen LogP contribution < -0.4 is 10.1 Å². The van der Waals surface area contributed by atoms with Crippen molar-refractivity contribution in [1.82, 2.24) is 15.1 Å². The van der Waals surface area contributed by atoms with Gasteiger partial charge in [0.15, 0.2) is 0 Å². The zero-order valence-electron chi connectivity index (χ0n) is 12.3. The zero-order chi connectivity index (χ0) is 14.2. The number of benzene rings is 1. The Morgan fingerprint density at radius 2 is 2.20 bits per heavy atom. The third kappa shape index (κ3) is 4.70. The van der Waals surface area contributed by atoms with Gasteiger partial charge in [0.05, 0.1) is 12.8 Å². The number of aromatic nitrogens is 2. The number of aryl methyl sites for hydroxylation is 1. The second-order valence-electron chi connectivity index (χ2n) is 4.94. The maximum atomic E-state index is 5.80. The highest BCUT2D eigenvalue weighted by Gasteiger charge is 1.99. The Morgan fingerprint density at radius 3 is 2.95 bits per heavy atom. The van der Waals surface area contributed by atoms with Gasteiger partial charge < -0.3 is 10.1 Å². The maximum Gasteiger partial charge on any atom is 0.119 e. The van der Waals surface area contributed by atoms with Gasteiger partial charge in [-0.1, -0.05) is 19.1 Å². The van der Waals surface area contributed by atoms with E-state index in [1.54, 1.807) is 0 Å². The molecule has 0 saturated carbocycles. The molecule has 0 aliphatic heterocycles. The second kappa shape index (κ2) is 7.70. The summed E-state index contributed by atoms with van der Waals surface area (Å²) < 4.78 is 7.62. The van der Waals surface area contributed by atoms with E-state index in [0.717, 1.165) is 31.7 Å². The average Bonchev–Trinajstić information content (AvgIpc) is 2.85. The zero-order valence-corrected chi connectivity index (χ0v) is 12.3. The lowest BCUT2D eigenvalue weighted by molar-refractivity contribution is 0.321. The van der Waals surface area contributed by atoms with Crippen molar-refractivity contribution < 1.29 is 4.74 Å². The number of nitrogens with zero attached hydrogens (tertiary/aromatic N) is 2. The highest BCUT2D eigenvalue weighted by Crippen LogP contribution is 2.13. The summed E-state index contributed by atoms with van der Waals surface area (Å²) in [7, 11) is 1.93. The van der Waals surface area contributed by atoms with Crippen LogP contribution in [0.25, 0.3) is 0 Å². The predicted molar refractivity (Wildman–Crippen MR) is 80.8 cm³/mol. The van der Waals surface area contributed by atoms with E-state index in [9.17, 15) is 0 Å². The molecule has 1 heterocycles.